The zero-order valence-electron chi connectivity index (χ0n) is 9.32. The third-order valence-corrected chi connectivity index (χ3v) is 3.11. The molecule has 0 aromatic rings. The lowest BCUT2D eigenvalue weighted by atomic mass is 10.00. The fourth-order valence-electron chi connectivity index (χ4n) is 1.60. The molecule has 1 atom stereocenters. The first-order valence-corrected chi connectivity index (χ1v) is 6.99. The molecular formula is C12H25Br. The highest BCUT2D eigenvalue weighted by Crippen LogP contribution is 2.15. The van der Waals surface area contributed by atoms with E-state index in [9.17, 15) is 0 Å². The minimum absolute atomic E-state index is 0.922. The first-order chi connectivity index (χ1) is 6.31. The summed E-state index contributed by atoms with van der Waals surface area (Å²) in [5, 5.41) is 1.17. The van der Waals surface area contributed by atoms with E-state index in [2.05, 4.69) is 29.8 Å². The van der Waals surface area contributed by atoms with Crippen LogP contribution in [0.2, 0.25) is 0 Å². The van der Waals surface area contributed by atoms with E-state index in [4.69, 9.17) is 0 Å². The quantitative estimate of drug-likeness (QED) is 0.391. The van der Waals surface area contributed by atoms with Gasteiger partial charge >= 0.3 is 0 Å². The molecule has 0 rings (SSSR count). The van der Waals surface area contributed by atoms with Crippen LogP contribution in [0.15, 0.2) is 0 Å². The molecule has 0 heterocycles. The summed E-state index contributed by atoms with van der Waals surface area (Å²) in [5.41, 5.74) is 0. The zero-order chi connectivity index (χ0) is 9.94. The maximum Gasteiger partial charge on any atom is 0.00338 e. The molecule has 1 unspecified atom stereocenters. The Morgan fingerprint density at radius 3 is 2.15 bits per heavy atom. The highest BCUT2D eigenvalue weighted by Gasteiger charge is 1.99. The third kappa shape index (κ3) is 10.4. The Morgan fingerprint density at radius 1 is 0.923 bits per heavy atom. The molecule has 0 aliphatic rings. The highest BCUT2D eigenvalue weighted by molar-refractivity contribution is 9.09. The Bertz CT molecular complexity index is 91.1. The van der Waals surface area contributed by atoms with Crippen LogP contribution in [0.25, 0.3) is 0 Å². The van der Waals surface area contributed by atoms with Crippen molar-refractivity contribution in [3.63, 3.8) is 0 Å². The lowest BCUT2D eigenvalue weighted by Crippen LogP contribution is -1.95. The largest absolute Gasteiger partial charge is 0.0928 e. The molecule has 0 amide bonds. The van der Waals surface area contributed by atoms with Crippen LogP contribution >= 0.6 is 15.9 Å². The number of hydrogen-bond donors (Lipinski definition) is 0. The molecular weight excluding hydrogens is 224 g/mol. The van der Waals surface area contributed by atoms with Gasteiger partial charge in [-0.05, 0) is 12.3 Å². The lowest BCUT2D eigenvalue weighted by Gasteiger charge is -2.08. The molecule has 0 saturated carbocycles. The van der Waals surface area contributed by atoms with Crippen LogP contribution in [0.4, 0.5) is 0 Å². The van der Waals surface area contributed by atoms with E-state index in [0.717, 1.165) is 5.92 Å². The van der Waals surface area contributed by atoms with Gasteiger partial charge in [0.2, 0.25) is 0 Å². The van der Waals surface area contributed by atoms with Crippen molar-refractivity contribution in [2.24, 2.45) is 5.92 Å². The van der Waals surface area contributed by atoms with Gasteiger partial charge in [0.25, 0.3) is 0 Å². The molecule has 0 aliphatic heterocycles. The Balaban J connectivity index is 2.97. The van der Waals surface area contributed by atoms with Crippen molar-refractivity contribution in [3.05, 3.63) is 0 Å². The Labute approximate surface area is 92.6 Å². The van der Waals surface area contributed by atoms with Crippen molar-refractivity contribution in [1.82, 2.24) is 0 Å². The molecule has 13 heavy (non-hydrogen) atoms. The van der Waals surface area contributed by atoms with Gasteiger partial charge in [-0.2, -0.15) is 0 Å². The summed E-state index contributed by atoms with van der Waals surface area (Å²) in [6, 6.07) is 0. The van der Waals surface area contributed by atoms with Crippen molar-refractivity contribution >= 4 is 15.9 Å². The fourth-order valence-corrected chi connectivity index (χ4v) is 2.39. The predicted molar refractivity (Wildman–Crippen MR) is 65.6 cm³/mol. The van der Waals surface area contributed by atoms with Gasteiger partial charge < -0.3 is 0 Å². The number of halogens is 1. The smallest absolute Gasteiger partial charge is 0.00338 e. The van der Waals surface area contributed by atoms with Gasteiger partial charge in [-0.25, -0.2) is 0 Å². The molecule has 80 valence electrons. The van der Waals surface area contributed by atoms with Crippen molar-refractivity contribution in [1.29, 1.82) is 0 Å². The molecule has 1 heteroatoms. The second-order valence-electron chi connectivity index (χ2n) is 4.14. The summed E-state index contributed by atoms with van der Waals surface area (Å²) in [5.74, 6) is 0.922. The molecule has 0 nitrogen and oxygen atoms in total. The van der Waals surface area contributed by atoms with Gasteiger partial charge in [-0.3, -0.25) is 0 Å². The topological polar surface area (TPSA) is 0 Å². The summed E-state index contributed by atoms with van der Waals surface area (Å²) in [6.45, 7) is 4.64. The number of alkyl halides is 1. The van der Waals surface area contributed by atoms with E-state index in [-0.39, 0.29) is 0 Å². The van der Waals surface area contributed by atoms with Gasteiger partial charge in [0, 0.05) is 5.33 Å². The monoisotopic (exact) mass is 248 g/mol. The van der Waals surface area contributed by atoms with Gasteiger partial charge in [0.15, 0.2) is 0 Å². The average molecular weight is 249 g/mol. The van der Waals surface area contributed by atoms with Crippen LogP contribution in [0, 0.1) is 5.92 Å². The van der Waals surface area contributed by atoms with Crippen LogP contribution in [0.3, 0.4) is 0 Å². The van der Waals surface area contributed by atoms with Crippen molar-refractivity contribution < 1.29 is 0 Å². The van der Waals surface area contributed by atoms with Crippen LogP contribution < -0.4 is 0 Å². The molecule has 0 aliphatic carbocycles. The van der Waals surface area contributed by atoms with Gasteiger partial charge in [-0.1, -0.05) is 74.7 Å². The van der Waals surface area contributed by atoms with Crippen molar-refractivity contribution in [2.75, 3.05) is 5.33 Å². The SMILES string of the molecule is CCCCCCCCC(C)CCBr. The minimum Gasteiger partial charge on any atom is -0.0928 e. The molecule has 0 saturated heterocycles. The number of unbranched alkanes of at least 4 members (excludes halogenated alkanes) is 5. The van der Waals surface area contributed by atoms with E-state index < -0.39 is 0 Å². The van der Waals surface area contributed by atoms with E-state index in [0.29, 0.717) is 0 Å². The summed E-state index contributed by atoms with van der Waals surface area (Å²) < 4.78 is 0. The molecule has 0 aromatic carbocycles. The van der Waals surface area contributed by atoms with Crippen LogP contribution in [0.1, 0.15) is 65.2 Å². The molecule has 0 spiro atoms. The zero-order valence-corrected chi connectivity index (χ0v) is 10.9. The lowest BCUT2D eigenvalue weighted by molar-refractivity contribution is 0.475. The van der Waals surface area contributed by atoms with Crippen LogP contribution in [-0.4, -0.2) is 5.33 Å². The standard InChI is InChI=1S/C12H25Br/c1-3-4-5-6-7-8-9-12(2)10-11-13/h12H,3-11H2,1-2H3. The van der Waals surface area contributed by atoms with Gasteiger partial charge in [0.1, 0.15) is 0 Å². The maximum absolute atomic E-state index is 3.49. The highest BCUT2D eigenvalue weighted by atomic mass is 79.9. The summed E-state index contributed by atoms with van der Waals surface area (Å²) in [6.07, 6.45) is 11.4. The van der Waals surface area contributed by atoms with Crippen LogP contribution in [-0.2, 0) is 0 Å². The maximum atomic E-state index is 3.49. The van der Waals surface area contributed by atoms with Gasteiger partial charge in [0.05, 0.1) is 0 Å². The Morgan fingerprint density at radius 2 is 1.54 bits per heavy atom. The number of rotatable bonds is 9. The van der Waals surface area contributed by atoms with Crippen molar-refractivity contribution in [3.8, 4) is 0 Å². The van der Waals surface area contributed by atoms with E-state index in [1.807, 2.05) is 0 Å². The third-order valence-electron chi connectivity index (χ3n) is 2.65. The Hall–Kier alpha value is 0.480. The Kier molecular flexibility index (Phi) is 11.0. The van der Waals surface area contributed by atoms with Crippen LogP contribution in [0.5, 0.6) is 0 Å². The van der Waals surface area contributed by atoms with E-state index in [1.54, 1.807) is 0 Å². The predicted octanol–water partition coefficient (Wildman–Crippen LogP) is 5.16. The summed E-state index contributed by atoms with van der Waals surface area (Å²) in [7, 11) is 0. The molecule has 0 radical (unpaired) electrons. The summed E-state index contributed by atoms with van der Waals surface area (Å²) in [4.78, 5) is 0. The second kappa shape index (κ2) is 10.6. The molecule has 0 N–H and O–H groups in total. The van der Waals surface area contributed by atoms with E-state index in [1.165, 1.54) is 56.7 Å². The molecule has 0 fully saturated rings. The number of hydrogen-bond acceptors (Lipinski definition) is 0. The second-order valence-corrected chi connectivity index (χ2v) is 4.93. The fraction of sp³-hybridized carbons (Fsp3) is 1.00. The summed E-state index contributed by atoms with van der Waals surface area (Å²) >= 11 is 3.49. The molecule has 0 aromatic heterocycles. The minimum atomic E-state index is 0.922. The van der Waals surface area contributed by atoms with E-state index >= 15 is 0 Å². The first-order valence-electron chi connectivity index (χ1n) is 5.87. The van der Waals surface area contributed by atoms with Crippen molar-refractivity contribution in [2.45, 2.75) is 65.2 Å². The first kappa shape index (κ1) is 13.5. The molecule has 0 bridgehead atoms. The van der Waals surface area contributed by atoms with Gasteiger partial charge in [-0.15, -0.1) is 0 Å². The normalized spacial score (nSPS) is 13.2. The average Bonchev–Trinajstić information content (AvgIpc) is 2.11.